The van der Waals surface area contributed by atoms with Gasteiger partial charge in [-0.05, 0) is 63.3 Å². The summed E-state index contributed by atoms with van der Waals surface area (Å²) in [5.41, 5.74) is 1.86. The van der Waals surface area contributed by atoms with Crippen LogP contribution in [-0.2, 0) is 0 Å². The van der Waals surface area contributed by atoms with Gasteiger partial charge in [0.1, 0.15) is 0 Å². The van der Waals surface area contributed by atoms with Gasteiger partial charge >= 0.3 is 0 Å². The molecule has 1 aliphatic carbocycles. The molecule has 5 heteroatoms. The quantitative estimate of drug-likeness (QED) is 0.834. The fraction of sp³-hybridized carbons (Fsp3) is 0.421. The van der Waals surface area contributed by atoms with Crippen LogP contribution in [0, 0.1) is 13.8 Å². The first-order valence-corrected chi connectivity index (χ1v) is 9.11. The summed E-state index contributed by atoms with van der Waals surface area (Å²) in [6.07, 6.45) is 4.81. The number of ether oxygens (including phenoxy) is 2. The minimum absolute atomic E-state index is 0.0896. The molecule has 1 aromatic heterocycles. The van der Waals surface area contributed by atoms with Crippen molar-refractivity contribution in [1.82, 2.24) is 0 Å². The van der Waals surface area contributed by atoms with Gasteiger partial charge in [0.25, 0.3) is 5.91 Å². The lowest BCUT2D eigenvalue weighted by Gasteiger charge is -2.17. The summed E-state index contributed by atoms with van der Waals surface area (Å²) in [5, 5.41) is 2.95. The summed E-state index contributed by atoms with van der Waals surface area (Å²) in [5.74, 6) is 1.30. The Morgan fingerprint density at radius 3 is 2.54 bits per heavy atom. The molecule has 1 aromatic carbocycles. The summed E-state index contributed by atoms with van der Waals surface area (Å²) in [6.45, 7) is 4.04. The highest BCUT2D eigenvalue weighted by molar-refractivity contribution is 7.14. The van der Waals surface area contributed by atoms with Crippen molar-refractivity contribution < 1.29 is 14.3 Å². The van der Waals surface area contributed by atoms with E-state index in [-0.39, 0.29) is 12.0 Å². The Kier molecular flexibility index (Phi) is 5.09. The molecule has 3 rings (SSSR count). The number of benzene rings is 1. The lowest BCUT2D eigenvalue weighted by atomic mass is 10.2. The zero-order valence-electron chi connectivity index (χ0n) is 14.3. The average Bonchev–Trinajstić information content (AvgIpc) is 3.18. The van der Waals surface area contributed by atoms with Crippen molar-refractivity contribution in [3.8, 4) is 11.5 Å². The molecule has 128 valence electrons. The molecule has 24 heavy (non-hydrogen) atoms. The van der Waals surface area contributed by atoms with Gasteiger partial charge in [-0.2, -0.15) is 0 Å². The van der Waals surface area contributed by atoms with E-state index in [1.807, 2.05) is 38.1 Å². The van der Waals surface area contributed by atoms with Gasteiger partial charge in [0.15, 0.2) is 11.5 Å². The van der Waals surface area contributed by atoms with Crippen LogP contribution >= 0.6 is 11.3 Å². The predicted octanol–water partition coefficient (Wildman–Crippen LogP) is 4.95. The zero-order valence-corrected chi connectivity index (χ0v) is 15.2. The van der Waals surface area contributed by atoms with Gasteiger partial charge in [-0.1, -0.05) is 0 Å². The van der Waals surface area contributed by atoms with E-state index in [0.717, 1.165) is 29.0 Å². The van der Waals surface area contributed by atoms with E-state index >= 15 is 0 Å². The Balaban J connectivity index is 1.76. The van der Waals surface area contributed by atoms with E-state index in [4.69, 9.17) is 9.47 Å². The third-order valence-corrected chi connectivity index (χ3v) is 5.56. The lowest BCUT2D eigenvalue weighted by molar-refractivity contribution is 0.103. The molecular formula is C19H23NO3S. The number of anilines is 1. The van der Waals surface area contributed by atoms with E-state index in [1.54, 1.807) is 7.11 Å². The Labute approximate surface area is 146 Å². The van der Waals surface area contributed by atoms with Gasteiger partial charge in [-0.15, -0.1) is 11.3 Å². The Bertz CT molecular complexity index is 713. The van der Waals surface area contributed by atoms with E-state index < -0.39 is 0 Å². The largest absolute Gasteiger partial charge is 0.493 e. The van der Waals surface area contributed by atoms with Crippen LogP contribution in [0.3, 0.4) is 0 Å². The van der Waals surface area contributed by atoms with E-state index in [1.165, 1.54) is 29.1 Å². The second-order valence-electron chi connectivity index (χ2n) is 6.19. The first-order chi connectivity index (χ1) is 11.6. The number of carbonyl (C=O) groups is 1. The van der Waals surface area contributed by atoms with Crippen molar-refractivity contribution in [1.29, 1.82) is 0 Å². The minimum atomic E-state index is -0.0896. The summed E-state index contributed by atoms with van der Waals surface area (Å²) in [6, 6.07) is 7.45. The molecule has 0 bridgehead atoms. The Morgan fingerprint density at radius 1 is 1.17 bits per heavy atom. The smallest absolute Gasteiger partial charge is 0.265 e. The maximum Gasteiger partial charge on any atom is 0.265 e. The number of methoxy groups -OCH3 is 1. The van der Waals surface area contributed by atoms with E-state index in [2.05, 4.69) is 5.32 Å². The van der Waals surface area contributed by atoms with E-state index in [0.29, 0.717) is 11.5 Å². The first kappa shape index (κ1) is 16.8. The summed E-state index contributed by atoms with van der Waals surface area (Å²) in [7, 11) is 1.63. The van der Waals surface area contributed by atoms with Crippen molar-refractivity contribution in [3.05, 3.63) is 39.6 Å². The van der Waals surface area contributed by atoms with E-state index in [9.17, 15) is 4.79 Å². The topological polar surface area (TPSA) is 47.6 Å². The number of nitrogens with one attached hydrogen (secondary N) is 1. The molecule has 0 unspecified atom stereocenters. The van der Waals surface area contributed by atoms with Crippen LogP contribution < -0.4 is 14.8 Å². The van der Waals surface area contributed by atoms with Crippen LogP contribution in [0.5, 0.6) is 11.5 Å². The lowest BCUT2D eigenvalue weighted by Crippen LogP contribution is -2.13. The molecule has 2 aromatic rings. The minimum Gasteiger partial charge on any atom is -0.493 e. The molecule has 1 aliphatic rings. The average molecular weight is 345 g/mol. The van der Waals surface area contributed by atoms with Crippen LogP contribution in [-0.4, -0.2) is 19.1 Å². The first-order valence-electron chi connectivity index (χ1n) is 8.30. The molecule has 1 saturated carbocycles. The van der Waals surface area contributed by atoms with Crippen molar-refractivity contribution in [3.63, 3.8) is 0 Å². The molecule has 0 atom stereocenters. The third kappa shape index (κ3) is 3.73. The summed E-state index contributed by atoms with van der Waals surface area (Å²) < 4.78 is 11.5. The summed E-state index contributed by atoms with van der Waals surface area (Å²) >= 11 is 1.51. The number of amides is 1. The van der Waals surface area contributed by atoms with Crippen molar-refractivity contribution in [2.75, 3.05) is 12.4 Å². The molecule has 0 radical (unpaired) electrons. The standard InChI is InChI=1S/C19H23NO3S/c1-12-10-18(24-13(12)2)19(21)20-14-8-9-16(22-3)17(11-14)23-15-6-4-5-7-15/h8-11,15H,4-7H2,1-3H3,(H,20,21). The van der Waals surface area contributed by atoms with Crippen LogP contribution in [0.2, 0.25) is 0 Å². The second kappa shape index (κ2) is 7.26. The van der Waals surface area contributed by atoms with Gasteiger partial charge < -0.3 is 14.8 Å². The van der Waals surface area contributed by atoms with Crippen molar-refractivity contribution in [2.45, 2.75) is 45.6 Å². The highest BCUT2D eigenvalue weighted by Crippen LogP contribution is 2.34. The number of thiophene rings is 1. The molecular weight excluding hydrogens is 322 g/mol. The molecule has 1 N–H and O–H groups in total. The number of carbonyl (C=O) groups excluding carboxylic acids is 1. The van der Waals surface area contributed by atoms with Gasteiger partial charge in [0, 0.05) is 16.6 Å². The fourth-order valence-electron chi connectivity index (χ4n) is 2.91. The third-order valence-electron chi connectivity index (χ3n) is 4.41. The van der Waals surface area contributed by atoms with Crippen LogP contribution in [0.4, 0.5) is 5.69 Å². The maximum absolute atomic E-state index is 12.4. The molecule has 1 amide bonds. The molecule has 1 fully saturated rings. The van der Waals surface area contributed by atoms with Crippen molar-refractivity contribution >= 4 is 22.9 Å². The molecule has 0 spiro atoms. The Hall–Kier alpha value is -2.01. The van der Waals surface area contributed by atoms with Gasteiger partial charge in [0.2, 0.25) is 0 Å². The molecule has 0 aliphatic heterocycles. The predicted molar refractivity (Wildman–Crippen MR) is 97.6 cm³/mol. The fourth-order valence-corrected chi connectivity index (χ4v) is 3.84. The number of hydrogen-bond donors (Lipinski definition) is 1. The number of rotatable bonds is 5. The maximum atomic E-state index is 12.4. The number of hydrogen-bond acceptors (Lipinski definition) is 4. The second-order valence-corrected chi connectivity index (χ2v) is 7.45. The normalized spacial score (nSPS) is 14.6. The zero-order chi connectivity index (χ0) is 17.1. The van der Waals surface area contributed by atoms with Gasteiger partial charge in [-0.3, -0.25) is 4.79 Å². The highest BCUT2D eigenvalue weighted by Gasteiger charge is 2.19. The SMILES string of the molecule is COc1ccc(NC(=O)c2cc(C)c(C)s2)cc1OC1CCCC1. The number of aryl methyl sites for hydroxylation is 2. The van der Waals surface area contributed by atoms with Gasteiger partial charge in [0.05, 0.1) is 18.1 Å². The molecule has 1 heterocycles. The molecule has 4 nitrogen and oxygen atoms in total. The summed E-state index contributed by atoms with van der Waals surface area (Å²) in [4.78, 5) is 14.3. The van der Waals surface area contributed by atoms with Crippen LogP contribution in [0.25, 0.3) is 0 Å². The highest BCUT2D eigenvalue weighted by atomic mass is 32.1. The van der Waals surface area contributed by atoms with Crippen LogP contribution in [0.15, 0.2) is 24.3 Å². The monoisotopic (exact) mass is 345 g/mol. The molecule has 0 saturated heterocycles. The van der Waals surface area contributed by atoms with Crippen LogP contribution in [0.1, 0.15) is 45.8 Å². The Morgan fingerprint density at radius 2 is 1.92 bits per heavy atom. The van der Waals surface area contributed by atoms with Gasteiger partial charge in [-0.25, -0.2) is 0 Å². The van der Waals surface area contributed by atoms with Crippen molar-refractivity contribution in [2.24, 2.45) is 0 Å².